The number of ether oxygens (including phenoxy) is 1. The number of aliphatic hydroxyl groups is 1. The van der Waals surface area contributed by atoms with Crippen LogP contribution in [0, 0.1) is 0 Å². The maximum Gasteiger partial charge on any atom is 0.370 e. The number of carboxylic acids is 1. The summed E-state index contributed by atoms with van der Waals surface area (Å²) in [5.41, 5.74) is 0. The van der Waals surface area contributed by atoms with Gasteiger partial charge in [0.05, 0.1) is 6.10 Å². The second-order valence-electron chi connectivity index (χ2n) is 3.08. The van der Waals surface area contributed by atoms with E-state index in [0.717, 1.165) is 0 Å². The molecule has 0 aliphatic carbocycles. The van der Waals surface area contributed by atoms with Crippen LogP contribution in [0.15, 0.2) is 11.8 Å². The number of aliphatic carboxylic acids is 1. The fourth-order valence-corrected chi connectivity index (χ4v) is 1.32. The van der Waals surface area contributed by atoms with Crippen LogP contribution in [-0.2, 0) is 9.53 Å². The van der Waals surface area contributed by atoms with E-state index in [9.17, 15) is 9.90 Å². The van der Waals surface area contributed by atoms with Crippen molar-refractivity contribution in [2.75, 3.05) is 0 Å². The maximum atomic E-state index is 10.5. The van der Waals surface area contributed by atoms with Crippen molar-refractivity contribution in [1.82, 2.24) is 0 Å². The van der Waals surface area contributed by atoms with Crippen LogP contribution in [0.3, 0.4) is 0 Å². The zero-order valence-electron chi connectivity index (χ0n) is 7.56. The largest absolute Gasteiger partial charge is 0.481 e. The number of hydrogen-bond acceptors (Lipinski definition) is 3. The van der Waals surface area contributed by atoms with Gasteiger partial charge >= 0.3 is 5.97 Å². The molecule has 0 bridgehead atoms. The second-order valence-corrected chi connectivity index (χ2v) is 3.08. The maximum absolute atomic E-state index is 10.5. The van der Waals surface area contributed by atoms with Gasteiger partial charge in [0.25, 0.3) is 0 Å². The van der Waals surface area contributed by atoms with Crippen molar-refractivity contribution < 1.29 is 19.7 Å². The number of allylic oxidation sites excluding steroid dienone is 1. The molecule has 4 heteroatoms. The first-order valence-corrected chi connectivity index (χ1v) is 4.43. The lowest BCUT2D eigenvalue weighted by Gasteiger charge is -2.26. The van der Waals surface area contributed by atoms with Crippen LogP contribution >= 0.6 is 0 Å². The summed E-state index contributed by atoms with van der Waals surface area (Å²) in [7, 11) is 0. The van der Waals surface area contributed by atoms with E-state index in [2.05, 4.69) is 0 Å². The summed E-state index contributed by atoms with van der Waals surface area (Å²) in [6.07, 6.45) is 2.54. The van der Waals surface area contributed by atoms with Crippen molar-refractivity contribution in [2.45, 2.75) is 38.4 Å². The molecule has 0 amide bonds. The van der Waals surface area contributed by atoms with Gasteiger partial charge < -0.3 is 14.9 Å². The summed E-state index contributed by atoms with van der Waals surface area (Å²) in [6, 6.07) is 0. The predicted molar refractivity (Wildman–Crippen MR) is 46.1 cm³/mol. The molecule has 0 radical (unpaired) electrons. The fraction of sp³-hybridized carbons (Fsp3) is 0.667. The first-order chi connectivity index (χ1) is 6.15. The van der Waals surface area contributed by atoms with E-state index in [1.54, 1.807) is 6.08 Å². The predicted octanol–water partition coefficient (Wildman–Crippen LogP) is 0.905. The van der Waals surface area contributed by atoms with Gasteiger partial charge in [-0.25, -0.2) is 4.79 Å². The van der Waals surface area contributed by atoms with Gasteiger partial charge in [-0.05, 0) is 25.3 Å². The average molecular weight is 186 g/mol. The zero-order chi connectivity index (χ0) is 9.84. The molecule has 0 aromatic rings. The van der Waals surface area contributed by atoms with Gasteiger partial charge in [0.15, 0.2) is 0 Å². The first kappa shape index (κ1) is 10.1. The van der Waals surface area contributed by atoms with E-state index in [-0.39, 0.29) is 11.9 Å². The third kappa shape index (κ3) is 2.45. The van der Waals surface area contributed by atoms with E-state index in [0.29, 0.717) is 19.3 Å². The minimum atomic E-state index is -1.06. The summed E-state index contributed by atoms with van der Waals surface area (Å²) in [5.74, 6) is -1.10. The number of aliphatic hydroxyl groups excluding tert-OH is 1. The molecule has 2 atom stereocenters. The van der Waals surface area contributed by atoms with Gasteiger partial charge in [0, 0.05) is 0 Å². The molecule has 0 fully saturated rings. The molecule has 1 aliphatic rings. The van der Waals surface area contributed by atoms with Crippen molar-refractivity contribution in [1.29, 1.82) is 0 Å². The lowest BCUT2D eigenvalue weighted by Crippen LogP contribution is -2.31. The lowest BCUT2D eigenvalue weighted by molar-refractivity contribution is -0.140. The molecule has 1 aliphatic heterocycles. The standard InChI is InChI=1S/C9H14O4/c1-2-6(10)7-4-3-5-8(13-7)9(11)12/h5-7,10H,2-4H2,1H3,(H,11,12). The third-order valence-electron chi connectivity index (χ3n) is 2.12. The summed E-state index contributed by atoms with van der Waals surface area (Å²) in [6.45, 7) is 1.84. The monoisotopic (exact) mass is 186 g/mol. The Labute approximate surface area is 76.8 Å². The first-order valence-electron chi connectivity index (χ1n) is 4.43. The molecule has 2 unspecified atom stereocenters. The molecular formula is C9H14O4. The van der Waals surface area contributed by atoms with Crippen molar-refractivity contribution in [3.05, 3.63) is 11.8 Å². The van der Waals surface area contributed by atoms with Crippen molar-refractivity contribution in [3.63, 3.8) is 0 Å². The van der Waals surface area contributed by atoms with Crippen LogP contribution in [0.5, 0.6) is 0 Å². The van der Waals surface area contributed by atoms with Crippen LogP contribution in [0.1, 0.15) is 26.2 Å². The highest BCUT2D eigenvalue weighted by Crippen LogP contribution is 2.20. The van der Waals surface area contributed by atoms with Crippen molar-refractivity contribution in [2.24, 2.45) is 0 Å². The molecule has 0 saturated carbocycles. The molecule has 2 N–H and O–H groups in total. The molecule has 4 nitrogen and oxygen atoms in total. The Morgan fingerprint density at radius 1 is 1.85 bits per heavy atom. The van der Waals surface area contributed by atoms with Gasteiger partial charge in [-0.1, -0.05) is 6.92 Å². The van der Waals surface area contributed by atoms with Gasteiger partial charge in [-0.3, -0.25) is 0 Å². The summed E-state index contributed by atoms with van der Waals surface area (Å²) < 4.78 is 5.11. The summed E-state index contributed by atoms with van der Waals surface area (Å²) >= 11 is 0. The van der Waals surface area contributed by atoms with Gasteiger partial charge in [-0.15, -0.1) is 0 Å². The summed E-state index contributed by atoms with van der Waals surface area (Å²) in [5, 5.41) is 18.1. The Morgan fingerprint density at radius 2 is 2.54 bits per heavy atom. The Hall–Kier alpha value is -1.03. The molecule has 1 heterocycles. The van der Waals surface area contributed by atoms with E-state index in [1.807, 2.05) is 6.92 Å². The number of hydrogen-bond donors (Lipinski definition) is 2. The quantitative estimate of drug-likeness (QED) is 0.687. The number of rotatable bonds is 3. The lowest BCUT2D eigenvalue weighted by atomic mass is 10.0. The van der Waals surface area contributed by atoms with Gasteiger partial charge in [-0.2, -0.15) is 0 Å². The van der Waals surface area contributed by atoms with Crippen LogP contribution in [0.25, 0.3) is 0 Å². The normalized spacial score (nSPS) is 24.5. The Morgan fingerprint density at radius 3 is 3.08 bits per heavy atom. The highest BCUT2D eigenvalue weighted by molar-refractivity contribution is 5.84. The van der Waals surface area contributed by atoms with E-state index in [1.165, 1.54) is 0 Å². The number of carbonyl (C=O) groups is 1. The molecule has 1 rings (SSSR count). The zero-order valence-corrected chi connectivity index (χ0v) is 7.56. The Balaban J connectivity index is 2.57. The second kappa shape index (κ2) is 4.28. The van der Waals surface area contributed by atoms with E-state index >= 15 is 0 Å². The number of carboxylic acid groups (broad SMARTS) is 1. The molecular weight excluding hydrogens is 172 g/mol. The fourth-order valence-electron chi connectivity index (χ4n) is 1.32. The minimum absolute atomic E-state index is 0.0382. The highest BCUT2D eigenvalue weighted by atomic mass is 16.5. The Bertz CT molecular complexity index is 222. The van der Waals surface area contributed by atoms with Gasteiger partial charge in [0.1, 0.15) is 6.10 Å². The molecule has 13 heavy (non-hydrogen) atoms. The molecule has 0 aromatic heterocycles. The molecule has 0 aromatic carbocycles. The SMILES string of the molecule is CCC(O)C1CCC=C(C(=O)O)O1. The van der Waals surface area contributed by atoms with Gasteiger partial charge in [0.2, 0.25) is 5.76 Å². The van der Waals surface area contributed by atoms with Crippen LogP contribution in [-0.4, -0.2) is 28.4 Å². The molecule has 0 saturated heterocycles. The van der Waals surface area contributed by atoms with Crippen molar-refractivity contribution in [3.8, 4) is 0 Å². The van der Waals surface area contributed by atoms with Crippen LogP contribution in [0.2, 0.25) is 0 Å². The van der Waals surface area contributed by atoms with Crippen LogP contribution in [0.4, 0.5) is 0 Å². The summed E-state index contributed by atoms with van der Waals surface area (Å²) in [4.78, 5) is 10.5. The van der Waals surface area contributed by atoms with E-state index < -0.39 is 12.1 Å². The average Bonchev–Trinajstić information content (AvgIpc) is 2.17. The Kier molecular flexibility index (Phi) is 3.31. The topological polar surface area (TPSA) is 66.8 Å². The smallest absolute Gasteiger partial charge is 0.370 e. The third-order valence-corrected chi connectivity index (χ3v) is 2.12. The van der Waals surface area contributed by atoms with Crippen molar-refractivity contribution >= 4 is 5.97 Å². The van der Waals surface area contributed by atoms with E-state index in [4.69, 9.17) is 9.84 Å². The molecule has 0 spiro atoms. The highest BCUT2D eigenvalue weighted by Gasteiger charge is 2.25. The minimum Gasteiger partial charge on any atom is -0.481 e. The molecule has 74 valence electrons. The van der Waals surface area contributed by atoms with Crippen LogP contribution < -0.4 is 0 Å².